The van der Waals surface area contributed by atoms with E-state index in [1.807, 2.05) is 13.0 Å². The van der Waals surface area contributed by atoms with Gasteiger partial charge < -0.3 is 4.98 Å². The molecule has 0 atom stereocenters. The van der Waals surface area contributed by atoms with E-state index in [0.717, 1.165) is 5.56 Å². The number of aryl methyl sites for hydroxylation is 1. The Balaban J connectivity index is 0.000000810. The van der Waals surface area contributed by atoms with Crippen LogP contribution >= 0.6 is 0 Å². The van der Waals surface area contributed by atoms with Crippen LogP contribution in [0.5, 0.6) is 0 Å². The average Bonchev–Trinajstić information content (AvgIpc) is 1.88. The fraction of sp³-hybridized carbons (Fsp3) is 0.143. The van der Waals surface area contributed by atoms with Gasteiger partial charge in [0.1, 0.15) is 0 Å². The Kier molecular flexibility index (Phi) is 5.14. The van der Waals surface area contributed by atoms with E-state index in [9.17, 15) is 0 Å². The van der Waals surface area contributed by atoms with E-state index in [2.05, 4.69) is 11.2 Å². The van der Waals surface area contributed by atoms with Gasteiger partial charge in [-0.15, -0.1) is 11.6 Å². The topological polar surface area (TPSA) is 36.7 Å². The minimum Gasteiger partial charge on any atom is -0.393 e. The van der Waals surface area contributed by atoms with Crippen molar-refractivity contribution < 1.29 is 51.4 Å². The normalized spacial score (nSPS) is 7.60. The van der Waals surface area contributed by atoms with Gasteiger partial charge in [-0.1, -0.05) is 19.3 Å². The van der Waals surface area contributed by atoms with Gasteiger partial charge in [0.25, 0.3) is 0 Å². The molecule has 10 heavy (non-hydrogen) atoms. The van der Waals surface area contributed by atoms with Gasteiger partial charge in [0.05, 0.1) is 6.07 Å². The molecule has 0 aliphatic heterocycles. The molecule has 1 heterocycles. The summed E-state index contributed by atoms with van der Waals surface area (Å²) in [7, 11) is 0. The number of pyridine rings is 1. The van der Waals surface area contributed by atoms with E-state index < -0.39 is 0 Å². The van der Waals surface area contributed by atoms with Crippen LogP contribution in [0.4, 0.5) is 0 Å². The molecule has 0 saturated carbocycles. The molecule has 0 aliphatic rings. The first-order valence-corrected chi connectivity index (χ1v) is 2.57. The van der Waals surface area contributed by atoms with Crippen LogP contribution in [-0.4, -0.2) is 4.98 Å². The van der Waals surface area contributed by atoms with Crippen molar-refractivity contribution >= 4 is 0 Å². The minimum atomic E-state index is 0. The molecule has 0 bridgehead atoms. The summed E-state index contributed by atoms with van der Waals surface area (Å²) in [6.45, 7) is 1.86. The minimum absolute atomic E-state index is 0. The molecule has 1 rings (SSSR count). The fourth-order valence-electron chi connectivity index (χ4n) is 0.568. The average molecular weight is 156 g/mol. The van der Waals surface area contributed by atoms with Crippen LogP contribution in [0.25, 0.3) is 0 Å². The second-order valence-corrected chi connectivity index (χ2v) is 1.76. The second kappa shape index (κ2) is 5.00. The maximum Gasteiger partial charge on any atom is 1.00 e. The first-order valence-electron chi connectivity index (χ1n) is 2.57. The summed E-state index contributed by atoms with van der Waals surface area (Å²) < 4.78 is 0. The van der Waals surface area contributed by atoms with E-state index in [1.54, 1.807) is 6.07 Å². The number of hydrogen-bond donors (Lipinski definition) is 0. The number of hydrogen-bond acceptors (Lipinski definition) is 2. The van der Waals surface area contributed by atoms with Gasteiger partial charge in [0.2, 0.25) is 0 Å². The molecule has 0 amide bonds. The summed E-state index contributed by atoms with van der Waals surface area (Å²) in [4.78, 5) is 3.71. The van der Waals surface area contributed by atoms with Gasteiger partial charge in [-0.3, -0.25) is 0 Å². The summed E-state index contributed by atoms with van der Waals surface area (Å²) in [5, 5.41) is 8.36. The zero-order valence-corrected chi connectivity index (χ0v) is 9.17. The Morgan fingerprint density at radius 1 is 1.70 bits per heavy atom. The van der Waals surface area contributed by atoms with Gasteiger partial charge in [-0.05, 0) is 5.56 Å². The Morgan fingerprint density at radius 2 is 2.40 bits per heavy atom. The van der Waals surface area contributed by atoms with Crippen LogP contribution in [-0.2, 0) is 0 Å². The molecule has 0 unspecified atom stereocenters. The van der Waals surface area contributed by atoms with Gasteiger partial charge in [-0.25, -0.2) is 0 Å². The molecule has 1 aromatic heterocycles. The summed E-state index contributed by atoms with van der Waals surface area (Å²) in [5.41, 5.74) is 1.49. The largest absolute Gasteiger partial charge is 1.00 e. The molecule has 44 valence electrons. The van der Waals surface area contributed by atoms with Crippen LogP contribution in [0, 0.1) is 24.5 Å². The third-order valence-electron chi connectivity index (χ3n) is 0.946. The summed E-state index contributed by atoms with van der Waals surface area (Å²) in [6, 6.07) is 3.73. The third kappa shape index (κ3) is 2.91. The van der Waals surface area contributed by atoms with Gasteiger partial charge >= 0.3 is 51.4 Å². The predicted octanol–water partition coefficient (Wildman–Crippen LogP) is -1.93. The van der Waals surface area contributed by atoms with E-state index in [-0.39, 0.29) is 51.4 Å². The second-order valence-electron chi connectivity index (χ2n) is 1.76. The van der Waals surface area contributed by atoms with Gasteiger partial charge in [-0.2, -0.15) is 5.26 Å². The Hall–Kier alpha value is 0.276. The van der Waals surface area contributed by atoms with Gasteiger partial charge in [0, 0.05) is 0 Å². The van der Waals surface area contributed by atoms with Crippen molar-refractivity contribution in [3.8, 4) is 6.07 Å². The molecular formula is C7H5KN2. The first kappa shape index (κ1) is 10.3. The Labute approximate surface area is 103 Å². The molecule has 0 N–H and O–H groups in total. The van der Waals surface area contributed by atoms with Gasteiger partial charge in [0.15, 0.2) is 0 Å². The fourth-order valence-corrected chi connectivity index (χ4v) is 0.568. The summed E-state index contributed by atoms with van der Waals surface area (Å²) in [6.07, 6.45) is 4.20. The van der Waals surface area contributed by atoms with Crippen molar-refractivity contribution in [2.24, 2.45) is 0 Å². The van der Waals surface area contributed by atoms with Crippen LogP contribution in [0.1, 0.15) is 11.1 Å². The molecule has 0 spiro atoms. The van der Waals surface area contributed by atoms with Crippen molar-refractivity contribution in [1.29, 1.82) is 5.26 Å². The predicted molar refractivity (Wildman–Crippen MR) is 32.5 cm³/mol. The third-order valence-corrected chi connectivity index (χ3v) is 0.946. The SMILES string of the molecule is Cc1[c-]ncc(C#N)c1.[K+]. The molecular weight excluding hydrogens is 151 g/mol. The quantitative estimate of drug-likeness (QED) is 0.324. The molecule has 0 aliphatic carbocycles. The van der Waals surface area contributed by atoms with E-state index >= 15 is 0 Å². The molecule has 2 nitrogen and oxygen atoms in total. The molecule has 0 fully saturated rings. The van der Waals surface area contributed by atoms with Crippen molar-refractivity contribution in [2.75, 3.05) is 0 Å². The van der Waals surface area contributed by atoms with E-state index in [0.29, 0.717) is 5.56 Å². The Bertz CT molecular complexity index is 252. The molecule has 0 aromatic carbocycles. The molecule has 0 radical (unpaired) electrons. The van der Waals surface area contributed by atoms with Crippen molar-refractivity contribution in [3.05, 3.63) is 29.6 Å². The van der Waals surface area contributed by atoms with Crippen molar-refractivity contribution in [3.63, 3.8) is 0 Å². The zero-order valence-electron chi connectivity index (χ0n) is 6.05. The first-order chi connectivity index (χ1) is 4.33. The monoisotopic (exact) mass is 156 g/mol. The summed E-state index contributed by atoms with van der Waals surface area (Å²) >= 11 is 0. The molecule has 0 saturated heterocycles. The number of nitriles is 1. The van der Waals surface area contributed by atoms with Crippen molar-refractivity contribution in [1.82, 2.24) is 4.98 Å². The van der Waals surface area contributed by atoms with E-state index in [4.69, 9.17) is 5.26 Å². The van der Waals surface area contributed by atoms with E-state index in [1.165, 1.54) is 6.20 Å². The molecule has 3 heteroatoms. The maximum absolute atomic E-state index is 8.36. The van der Waals surface area contributed by atoms with Crippen molar-refractivity contribution in [2.45, 2.75) is 6.92 Å². The number of aromatic nitrogens is 1. The number of nitrogens with zero attached hydrogens (tertiary/aromatic N) is 2. The number of rotatable bonds is 0. The Morgan fingerprint density at radius 3 is 2.80 bits per heavy atom. The standard InChI is InChI=1S/C7H5N2.K/c1-6-2-7(3-8)5-9-4-6;/h2,5H,1H3;/q-1;+1. The summed E-state index contributed by atoms with van der Waals surface area (Å²) in [5.74, 6) is 0. The molecule has 1 aromatic rings. The zero-order chi connectivity index (χ0) is 6.69. The van der Waals surface area contributed by atoms with Crippen LogP contribution in [0.2, 0.25) is 0 Å². The van der Waals surface area contributed by atoms with Crippen LogP contribution < -0.4 is 51.4 Å². The maximum atomic E-state index is 8.36. The smallest absolute Gasteiger partial charge is 0.393 e. The van der Waals surface area contributed by atoms with Crippen LogP contribution in [0.3, 0.4) is 0 Å². The van der Waals surface area contributed by atoms with Crippen LogP contribution in [0.15, 0.2) is 12.3 Å².